The van der Waals surface area contributed by atoms with Gasteiger partial charge in [0.25, 0.3) is 5.91 Å². The van der Waals surface area contributed by atoms with Gasteiger partial charge in [0.05, 0.1) is 24.6 Å². The predicted molar refractivity (Wildman–Crippen MR) is 107 cm³/mol. The smallest absolute Gasteiger partial charge is 0.338 e. The van der Waals surface area contributed by atoms with Crippen molar-refractivity contribution in [2.75, 3.05) is 17.2 Å². The average molecular weight is 376 g/mol. The number of nitrogens with zero attached hydrogens (tertiary/aromatic N) is 2. The van der Waals surface area contributed by atoms with E-state index in [2.05, 4.69) is 20.6 Å². The van der Waals surface area contributed by atoms with Gasteiger partial charge in [0, 0.05) is 11.4 Å². The third-order valence-corrected chi connectivity index (χ3v) is 3.95. The number of aromatic nitrogens is 2. The number of nitrogens with one attached hydrogen (secondary N) is 2. The number of anilines is 3. The van der Waals surface area contributed by atoms with Crippen molar-refractivity contribution in [2.45, 2.75) is 13.8 Å². The van der Waals surface area contributed by atoms with E-state index in [1.807, 2.05) is 31.2 Å². The molecule has 0 aliphatic rings. The highest BCUT2D eigenvalue weighted by atomic mass is 16.5. The van der Waals surface area contributed by atoms with E-state index in [0.29, 0.717) is 18.0 Å². The Labute approximate surface area is 162 Å². The zero-order valence-corrected chi connectivity index (χ0v) is 15.6. The second-order valence-electron chi connectivity index (χ2n) is 5.98. The lowest BCUT2D eigenvalue weighted by atomic mass is 10.2. The van der Waals surface area contributed by atoms with Gasteiger partial charge in [-0.2, -0.15) is 0 Å². The van der Waals surface area contributed by atoms with Crippen LogP contribution in [-0.4, -0.2) is 28.5 Å². The molecule has 1 amide bonds. The van der Waals surface area contributed by atoms with Crippen molar-refractivity contribution in [3.63, 3.8) is 0 Å². The topological polar surface area (TPSA) is 93.2 Å². The first kappa shape index (κ1) is 19.0. The molecule has 0 bridgehead atoms. The summed E-state index contributed by atoms with van der Waals surface area (Å²) in [5.74, 6) is -0.207. The summed E-state index contributed by atoms with van der Waals surface area (Å²) in [7, 11) is 0. The molecule has 0 aliphatic heterocycles. The highest BCUT2D eigenvalue weighted by Crippen LogP contribution is 2.17. The van der Waals surface area contributed by atoms with E-state index in [4.69, 9.17) is 4.74 Å². The Hall–Kier alpha value is -3.74. The molecule has 0 spiro atoms. The van der Waals surface area contributed by atoms with Gasteiger partial charge in [-0.15, -0.1) is 0 Å². The summed E-state index contributed by atoms with van der Waals surface area (Å²) in [6.45, 7) is 4.01. The number of ether oxygens (including phenoxy) is 1. The summed E-state index contributed by atoms with van der Waals surface area (Å²) in [6.07, 6.45) is 2.88. The molecule has 28 heavy (non-hydrogen) atoms. The number of hydrogen-bond donors (Lipinski definition) is 2. The van der Waals surface area contributed by atoms with Crippen LogP contribution in [0, 0.1) is 6.92 Å². The van der Waals surface area contributed by atoms with Gasteiger partial charge in [-0.3, -0.25) is 4.79 Å². The minimum absolute atomic E-state index is 0.214. The summed E-state index contributed by atoms with van der Waals surface area (Å²) >= 11 is 0. The number of aryl methyl sites for hydroxylation is 1. The number of amides is 1. The maximum atomic E-state index is 12.3. The quantitative estimate of drug-likeness (QED) is 0.633. The fourth-order valence-electron chi connectivity index (χ4n) is 2.46. The number of hydrogen-bond acceptors (Lipinski definition) is 6. The minimum atomic E-state index is -0.363. The molecular weight excluding hydrogens is 356 g/mol. The first-order valence-corrected chi connectivity index (χ1v) is 8.80. The van der Waals surface area contributed by atoms with Gasteiger partial charge in [-0.05, 0) is 49.7 Å². The molecule has 0 aliphatic carbocycles. The second kappa shape index (κ2) is 8.77. The zero-order chi connectivity index (χ0) is 19.9. The van der Waals surface area contributed by atoms with Gasteiger partial charge in [0.1, 0.15) is 11.5 Å². The molecule has 3 rings (SSSR count). The molecule has 0 saturated carbocycles. The molecule has 1 aromatic heterocycles. The largest absolute Gasteiger partial charge is 0.462 e. The number of para-hydroxylation sites is 1. The molecule has 2 aromatic carbocycles. The fraction of sp³-hybridized carbons (Fsp3) is 0.143. The van der Waals surface area contributed by atoms with Crippen LogP contribution >= 0.6 is 0 Å². The van der Waals surface area contributed by atoms with Crippen molar-refractivity contribution in [3.05, 3.63) is 77.7 Å². The van der Waals surface area contributed by atoms with Crippen molar-refractivity contribution in [3.8, 4) is 0 Å². The van der Waals surface area contributed by atoms with Crippen molar-refractivity contribution in [2.24, 2.45) is 0 Å². The number of carbonyl (C=O) groups excluding carboxylic acids is 2. The van der Waals surface area contributed by atoms with Gasteiger partial charge < -0.3 is 15.4 Å². The monoisotopic (exact) mass is 376 g/mol. The number of rotatable bonds is 6. The highest BCUT2D eigenvalue weighted by molar-refractivity contribution is 6.03. The zero-order valence-electron chi connectivity index (χ0n) is 15.6. The molecule has 2 N–H and O–H groups in total. The van der Waals surface area contributed by atoms with Gasteiger partial charge in [0.15, 0.2) is 0 Å². The van der Waals surface area contributed by atoms with Crippen LogP contribution in [0.15, 0.2) is 60.9 Å². The van der Waals surface area contributed by atoms with E-state index >= 15 is 0 Å². The molecule has 0 radical (unpaired) electrons. The molecule has 0 saturated heterocycles. The lowest BCUT2D eigenvalue weighted by molar-refractivity contribution is 0.0526. The normalized spacial score (nSPS) is 10.2. The van der Waals surface area contributed by atoms with Crippen LogP contribution in [0.4, 0.5) is 17.2 Å². The number of benzene rings is 2. The van der Waals surface area contributed by atoms with Crippen molar-refractivity contribution in [1.82, 2.24) is 9.97 Å². The van der Waals surface area contributed by atoms with Crippen LogP contribution in [0.25, 0.3) is 0 Å². The minimum Gasteiger partial charge on any atom is -0.462 e. The molecule has 1 heterocycles. The third-order valence-electron chi connectivity index (χ3n) is 3.95. The van der Waals surface area contributed by atoms with Crippen molar-refractivity contribution in [1.29, 1.82) is 0 Å². The van der Waals surface area contributed by atoms with Crippen LogP contribution in [0.1, 0.15) is 33.3 Å². The van der Waals surface area contributed by atoms with Crippen LogP contribution in [0.3, 0.4) is 0 Å². The summed E-state index contributed by atoms with van der Waals surface area (Å²) in [6, 6.07) is 14.3. The van der Waals surface area contributed by atoms with E-state index in [1.54, 1.807) is 31.2 Å². The second-order valence-corrected chi connectivity index (χ2v) is 5.98. The molecule has 0 fully saturated rings. The van der Waals surface area contributed by atoms with E-state index in [1.165, 1.54) is 12.4 Å². The Morgan fingerprint density at radius 2 is 1.75 bits per heavy atom. The molecule has 0 unspecified atom stereocenters. The molecular formula is C21H20N4O3. The third kappa shape index (κ3) is 4.70. The Morgan fingerprint density at radius 1 is 1.00 bits per heavy atom. The Balaban J connectivity index is 1.63. The molecule has 0 atom stereocenters. The first-order valence-electron chi connectivity index (χ1n) is 8.80. The average Bonchev–Trinajstić information content (AvgIpc) is 2.71. The van der Waals surface area contributed by atoms with Gasteiger partial charge in [-0.25, -0.2) is 14.8 Å². The maximum Gasteiger partial charge on any atom is 0.338 e. The highest BCUT2D eigenvalue weighted by Gasteiger charge is 2.10. The van der Waals surface area contributed by atoms with Crippen LogP contribution < -0.4 is 10.6 Å². The molecule has 142 valence electrons. The van der Waals surface area contributed by atoms with Crippen molar-refractivity contribution >= 4 is 29.1 Å². The summed E-state index contributed by atoms with van der Waals surface area (Å²) in [4.78, 5) is 32.4. The fourth-order valence-corrected chi connectivity index (χ4v) is 2.46. The molecule has 3 aromatic rings. The molecule has 7 heteroatoms. The Morgan fingerprint density at radius 3 is 2.39 bits per heavy atom. The van der Waals surface area contributed by atoms with Crippen LogP contribution in [0.5, 0.6) is 0 Å². The van der Waals surface area contributed by atoms with Gasteiger partial charge >= 0.3 is 5.97 Å². The summed E-state index contributed by atoms with van der Waals surface area (Å²) in [5, 5.41) is 5.89. The lowest BCUT2D eigenvalue weighted by Crippen LogP contribution is -2.15. The number of esters is 1. The van der Waals surface area contributed by atoms with Gasteiger partial charge in [0.2, 0.25) is 0 Å². The Kier molecular flexibility index (Phi) is 5.96. The van der Waals surface area contributed by atoms with E-state index < -0.39 is 0 Å². The first-order chi connectivity index (χ1) is 13.6. The maximum absolute atomic E-state index is 12.3. The standard InChI is InChI=1S/C21H20N4O3/c1-3-28-21(27)15-8-10-16(11-9-15)24-19-13-22-18(12-23-19)20(26)25-17-7-5-4-6-14(17)2/h4-13H,3H2,1-2H3,(H,23,24)(H,25,26). The summed E-state index contributed by atoms with van der Waals surface area (Å²) in [5.41, 5.74) is 3.12. The van der Waals surface area contributed by atoms with E-state index in [9.17, 15) is 9.59 Å². The van der Waals surface area contributed by atoms with Gasteiger partial charge in [-0.1, -0.05) is 18.2 Å². The SMILES string of the molecule is CCOC(=O)c1ccc(Nc2cnc(C(=O)Nc3ccccc3C)cn2)cc1. The van der Waals surface area contributed by atoms with Crippen molar-refractivity contribution < 1.29 is 14.3 Å². The lowest BCUT2D eigenvalue weighted by Gasteiger charge is -2.09. The number of carbonyl (C=O) groups is 2. The van der Waals surface area contributed by atoms with Crippen LogP contribution in [0.2, 0.25) is 0 Å². The van der Waals surface area contributed by atoms with E-state index in [-0.39, 0.29) is 17.6 Å². The Bertz CT molecular complexity index is 970. The van der Waals surface area contributed by atoms with Crippen LogP contribution in [-0.2, 0) is 4.74 Å². The predicted octanol–water partition coefficient (Wildman–Crippen LogP) is 3.96. The molecule has 7 nitrogen and oxygen atoms in total. The summed E-state index contributed by atoms with van der Waals surface area (Å²) < 4.78 is 4.95. The van der Waals surface area contributed by atoms with E-state index in [0.717, 1.165) is 16.9 Å².